The van der Waals surface area contributed by atoms with Crippen molar-refractivity contribution in [2.45, 2.75) is 11.8 Å². The number of halogens is 1. The van der Waals surface area contributed by atoms with Gasteiger partial charge in [-0.1, -0.05) is 29.3 Å². The lowest BCUT2D eigenvalue weighted by atomic mass is 10.2. The molecule has 116 valence electrons. The number of hydrogen-bond acceptors (Lipinski definition) is 5. The van der Waals surface area contributed by atoms with E-state index in [1.165, 1.54) is 12.1 Å². The number of anilines is 1. The summed E-state index contributed by atoms with van der Waals surface area (Å²) >= 11 is 5.71. The van der Waals surface area contributed by atoms with Gasteiger partial charge < -0.3 is 5.11 Å². The third-order valence-electron chi connectivity index (χ3n) is 2.83. The SMILES string of the molecule is Cc1ccc(S(=O)(=O)Nc2cc(Cl)cc([N+](=O)[O-])c2O)cc1. The normalized spacial score (nSPS) is 11.2. The number of sulfonamides is 1. The number of nitrogens with one attached hydrogen (secondary N) is 1. The van der Waals surface area contributed by atoms with Crippen molar-refractivity contribution in [3.8, 4) is 5.75 Å². The lowest BCUT2D eigenvalue weighted by Gasteiger charge is -2.10. The first-order valence-corrected chi connectivity index (χ1v) is 7.83. The summed E-state index contributed by atoms with van der Waals surface area (Å²) in [6.45, 7) is 1.80. The molecule has 0 bridgehead atoms. The van der Waals surface area contributed by atoms with Crippen molar-refractivity contribution in [3.05, 3.63) is 57.1 Å². The largest absolute Gasteiger partial charge is 0.501 e. The van der Waals surface area contributed by atoms with Gasteiger partial charge in [-0.3, -0.25) is 14.8 Å². The van der Waals surface area contributed by atoms with E-state index in [9.17, 15) is 23.6 Å². The Balaban J connectivity index is 2.46. The first-order chi connectivity index (χ1) is 10.2. The maximum absolute atomic E-state index is 12.2. The summed E-state index contributed by atoms with van der Waals surface area (Å²) < 4.78 is 26.5. The summed E-state index contributed by atoms with van der Waals surface area (Å²) in [5.41, 5.74) is -0.172. The van der Waals surface area contributed by atoms with Crippen LogP contribution in [-0.2, 0) is 10.0 Å². The number of rotatable bonds is 4. The van der Waals surface area contributed by atoms with Gasteiger partial charge in [0.2, 0.25) is 5.75 Å². The Morgan fingerprint density at radius 2 is 1.82 bits per heavy atom. The van der Waals surface area contributed by atoms with Crippen molar-refractivity contribution in [2.75, 3.05) is 4.72 Å². The molecule has 0 aromatic heterocycles. The van der Waals surface area contributed by atoms with Crippen LogP contribution in [0.4, 0.5) is 11.4 Å². The Morgan fingerprint density at radius 3 is 2.36 bits per heavy atom. The van der Waals surface area contributed by atoms with Crippen molar-refractivity contribution in [1.29, 1.82) is 0 Å². The zero-order valence-corrected chi connectivity index (χ0v) is 12.9. The zero-order chi connectivity index (χ0) is 16.5. The van der Waals surface area contributed by atoms with E-state index in [2.05, 4.69) is 4.72 Å². The van der Waals surface area contributed by atoms with Gasteiger partial charge in [0.05, 0.1) is 15.5 Å². The van der Waals surface area contributed by atoms with Gasteiger partial charge in [-0.05, 0) is 25.1 Å². The number of nitro benzene ring substituents is 1. The molecular weight excluding hydrogens is 332 g/mol. The molecule has 2 aromatic rings. The molecule has 2 aromatic carbocycles. The summed E-state index contributed by atoms with van der Waals surface area (Å²) in [6.07, 6.45) is 0. The summed E-state index contributed by atoms with van der Waals surface area (Å²) in [4.78, 5) is 9.91. The molecule has 0 heterocycles. The maximum atomic E-state index is 12.2. The molecule has 0 radical (unpaired) electrons. The molecule has 0 fully saturated rings. The van der Waals surface area contributed by atoms with Crippen molar-refractivity contribution < 1.29 is 18.4 Å². The Hall–Kier alpha value is -2.32. The quantitative estimate of drug-likeness (QED) is 0.504. The highest BCUT2D eigenvalue weighted by Gasteiger charge is 2.23. The minimum atomic E-state index is -4.00. The second kappa shape index (κ2) is 5.82. The highest BCUT2D eigenvalue weighted by Crippen LogP contribution is 2.37. The second-order valence-corrected chi connectivity index (χ2v) is 6.62. The van der Waals surface area contributed by atoms with E-state index in [4.69, 9.17) is 11.6 Å². The number of nitrogens with zero attached hydrogens (tertiary/aromatic N) is 1. The number of aryl methyl sites for hydroxylation is 1. The van der Waals surface area contributed by atoms with Crippen LogP contribution in [0.2, 0.25) is 5.02 Å². The minimum absolute atomic E-state index is 0.0415. The van der Waals surface area contributed by atoms with Crippen molar-refractivity contribution in [3.63, 3.8) is 0 Å². The standard InChI is InChI=1S/C13H11ClN2O5S/c1-8-2-4-10(5-3-8)22(20,21)15-11-6-9(14)7-12(13(11)17)16(18)19/h2-7,15,17H,1H3. The highest BCUT2D eigenvalue weighted by atomic mass is 35.5. The third-order valence-corrected chi connectivity index (χ3v) is 4.43. The first-order valence-electron chi connectivity index (χ1n) is 5.97. The molecule has 0 spiro atoms. The van der Waals surface area contributed by atoms with Gasteiger partial charge in [-0.15, -0.1) is 0 Å². The molecule has 2 N–H and O–H groups in total. The third kappa shape index (κ3) is 3.29. The Labute approximate surface area is 131 Å². The fraction of sp³-hybridized carbons (Fsp3) is 0.0769. The number of phenolic OH excluding ortho intramolecular Hbond substituents is 1. The number of hydrogen-bond donors (Lipinski definition) is 2. The molecule has 9 heteroatoms. The molecule has 22 heavy (non-hydrogen) atoms. The highest BCUT2D eigenvalue weighted by molar-refractivity contribution is 7.92. The average molecular weight is 343 g/mol. The van der Waals surface area contributed by atoms with Crippen LogP contribution in [0.5, 0.6) is 5.75 Å². The second-order valence-electron chi connectivity index (χ2n) is 4.50. The smallest absolute Gasteiger partial charge is 0.314 e. The minimum Gasteiger partial charge on any atom is -0.501 e. The van der Waals surface area contributed by atoms with E-state index in [0.717, 1.165) is 17.7 Å². The number of aromatic hydroxyl groups is 1. The molecule has 7 nitrogen and oxygen atoms in total. The van der Waals surface area contributed by atoms with E-state index < -0.39 is 26.4 Å². The Morgan fingerprint density at radius 1 is 1.23 bits per heavy atom. The molecule has 0 saturated heterocycles. The van der Waals surface area contributed by atoms with Crippen LogP contribution in [0.25, 0.3) is 0 Å². The maximum Gasteiger partial charge on any atom is 0.314 e. The molecule has 2 rings (SSSR count). The van der Waals surface area contributed by atoms with Crippen LogP contribution in [0.3, 0.4) is 0 Å². The number of phenols is 1. The van der Waals surface area contributed by atoms with Crippen LogP contribution in [0.1, 0.15) is 5.56 Å². The zero-order valence-electron chi connectivity index (χ0n) is 11.3. The predicted octanol–water partition coefficient (Wildman–Crippen LogP) is 3.06. The van der Waals surface area contributed by atoms with Gasteiger partial charge in [-0.25, -0.2) is 8.42 Å². The molecule has 0 aliphatic heterocycles. The summed E-state index contributed by atoms with van der Waals surface area (Å²) in [7, 11) is -4.00. The molecule has 0 saturated carbocycles. The fourth-order valence-electron chi connectivity index (χ4n) is 1.72. The van der Waals surface area contributed by atoms with Gasteiger partial charge in [-0.2, -0.15) is 0 Å². The van der Waals surface area contributed by atoms with E-state index >= 15 is 0 Å². The van der Waals surface area contributed by atoms with E-state index in [-0.39, 0.29) is 15.6 Å². The van der Waals surface area contributed by atoms with Crippen LogP contribution in [-0.4, -0.2) is 18.4 Å². The lowest BCUT2D eigenvalue weighted by molar-refractivity contribution is -0.385. The molecule has 0 aliphatic rings. The van der Waals surface area contributed by atoms with Crippen molar-refractivity contribution >= 4 is 33.0 Å². The van der Waals surface area contributed by atoms with Gasteiger partial charge in [0, 0.05) is 11.1 Å². The van der Waals surface area contributed by atoms with Gasteiger partial charge in [0.25, 0.3) is 10.0 Å². The Bertz CT molecular complexity index is 834. The predicted molar refractivity (Wildman–Crippen MR) is 81.8 cm³/mol. The van der Waals surface area contributed by atoms with Crippen LogP contribution in [0.15, 0.2) is 41.3 Å². The molecule has 0 unspecified atom stereocenters. The number of nitro groups is 1. The average Bonchev–Trinajstić information content (AvgIpc) is 2.42. The van der Waals surface area contributed by atoms with Crippen LogP contribution in [0, 0.1) is 17.0 Å². The van der Waals surface area contributed by atoms with Crippen LogP contribution < -0.4 is 4.72 Å². The van der Waals surface area contributed by atoms with E-state index in [1.54, 1.807) is 19.1 Å². The van der Waals surface area contributed by atoms with Gasteiger partial charge in [0.15, 0.2) is 0 Å². The lowest BCUT2D eigenvalue weighted by Crippen LogP contribution is -2.13. The van der Waals surface area contributed by atoms with Gasteiger partial charge >= 0.3 is 5.69 Å². The van der Waals surface area contributed by atoms with Crippen molar-refractivity contribution in [1.82, 2.24) is 0 Å². The van der Waals surface area contributed by atoms with E-state index in [0.29, 0.717) is 0 Å². The summed E-state index contributed by atoms with van der Waals surface area (Å²) in [5.74, 6) is -0.801. The molecule has 0 aliphatic carbocycles. The Kier molecular flexibility index (Phi) is 4.25. The summed E-state index contributed by atoms with van der Waals surface area (Å²) in [6, 6.07) is 8.00. The molecular formula is C13H11ClN2O5S. The van der Waals surface area contributed by atoms with E-state index in [1.807, 2.05) is 0 Å². The summed E-state index contributed by atoms with van der Waals surface area (Å²) in [5, 5.41) is 20.5. The topological polar surface area (TPSA) is 110 Å². The molecule has 0 atom stereocenters. The fourth-order valence-corrected chi connectivity index (χ4v) is 2.99. The van der Waals surface area contributed by atoms with Crippen LogP contribution >= 0.6 is 11.6 Å². The first kappa shape index (κ1) is 16.1. The van der Waals surface area contributed by atoms with Crippen molar-refractivity contribution in [2.24, 2.45) is 0 Å². The number of benzene rings is 2. The van der Waals surface area contributed by atoms with Gasteiger partial charge in [0.1, 0.15) is 0 Å². The monoisotopic (exact) mass is 342 g/mol. The molecule has 0 amide bonds.